The number of benzene rings is 3. The average Bonchev–Trinajstić information content (AvgIpc) is 3.08. The van der Waals surface area contributed by atoms with E-state index < -0.39 is 11.8 Å². The second-order valence-electron chi connectivity index (χ2n) is 6.13. The van der Waals surface area contributed by atoms with Gasteiger partial charge < -0.3 is 9.47 Å². The number of halogens is 1. The van der Waals surface area contributed by atoms with Crippen LogP contribution in [0, 0.1) is 5.82 Å². The van der Waals surface area contributed by atoms with Gasteiger partial charge in [0.2, 0.25) is 5.90 Å². The number of nitrogens with zero attached hydrogens (tertiary/aromatic N) is 1. The first-order chi connectivity index (χ1) is 13.7. The summed E-state index contributed by atoms with van der Waals surface area (Å²) in [6.07, 6.45) is 1.58. The quantitative estimate of drug-likeness (QED) is 0.479. The van der Waals surface area contributed by atoms with E-state index in [1.807, 2.05) is 54.6 Å². The number of esters is 1. The Balaban J connectivity index is 1.60. The molecule has 0 bridgehead atoms. The zero-order valence-corrected chi connectivity index (χ0v) is 14.8. The molecule has 0 saturated heterocycles. The molecule has 3 aromatic carbocycles. The molecule has 0 fully saturated rings. The van der Waals surface area contributed by atoms with E-state index in [-0.39, 0.29) is 17.2 Å². The molecule has 5 heteroatoms. The molecule has 4 nitrogen and oxygen atoms in total. The van der Waals surface area contributed by atoms with Gasteiger partial charge in [0.05, 0.1) is 5.56 Å². The van der Waals surface area contributed by atoms with Crippen LogP contribution >= 0.6 is 0 Å². The van der Waals surface area contributed by atoms with Crippen molar-refractivity contribution < 1.29 is 18.7 Å². The first-order valence-electron chi connectivity index (χ1n) is 8.74. The number of hydrogen-bond acceptors (Lipinski definition) is 4. The SMILES string of the molecule is O=C1OC(c2ccccc2F)=NC1=Cc1ccccc1OCc1ccccc1. The molecule has 0 unspecified atom stereocenters. The zero-order chi connectivity index (χ0) is 19.3. The molecule has 1 aliphatic heterocycles. The van der Waals surface area contributed by atoms with Crippen molar-refractivity contribution >= 4 is 17.9 Å². The van der Waals surface area contributed by atoms with Crippen molar-refractivity contribution in [3.05, 3.63) is 107 Å². The molecule has 0 amide bonds. The summed E-state index contributed by atoms with van der Waals surface area (Å²) in [6, 6.07) is 23.1. The lowest BCUT2D eigenvalue weighted by atomic mass is 10.1. The van der Waals surface area contributed by atoms with Gasteiger partial charge in [-0.05, 0) is 29.8 Å². The van der Waals surface area contributed by atoms with Gasteiger partial charge in [-0.3, -0.25) is 0 Å². The third kappa shape index (κ3) is 3.83. The fraction of sp³-hybridized carbons (Fsp3) is 0.0435. The fourth-order valence-corrected chi connectivity index (χ4v) is 2.77. The Bertz CT molecular complexity index is 1070. The Labute approximate surface area is 161 Å². The fourth-order valence-electron chi connectivity index (χ4n) is 2.77. The van der Waals surface area contributed by atoms with Crippen LogP contribution in [-0.2, 0) is 16.1 Å². The number of carbonyl (C=O) groups is 1. The highest BCUT2D eigenvalue weighted by molar-refractivity contribution is 6.13. The molecule has 28 heavy (non-hydrogen) atoms. The van der Waals surface area contributed by atoms with Gasteiger partial charge in [-0.25, -0.2) is 14.2 Å². The van der Waals surface area contributed by atoms with E-state index in [1.165, 1.54) is 12.1 Å². The number of rotatable bonds is 5. The highest BCUT2D eigenvalue weighted by atomic mass is 19.1. The van der Waals surface area contributed by atoms with E-state index in [9.17, 15) is 9.18 Å². The molecule has 0 aliphatic carbocycles. The van der Waals surface area contributed by atoms with Crippen LogP contribution in [0.15, 0.2) is 89.6 Å². The second kappa shape index (κ2) is 7.88. The Kier molecular flexibility index (Phi) is 4.97. The molecule has 138 valence electrons. The smallest absolute Gasteiger partial charge is 0.363 e. The Morgan fingerprint density at radius 1 is 0.929 bits per heavy atom. The maximum atomic E-state index is 13.9. The van der Waals surface area contributed by atoms with Gasteiger partial charge in [-0.1, -0.05) is 60.7 Å². The Hall–Kier alpha value is -3.73. The van der Waals surface area contributed by atoms with Crippen molar-refractivity contribution in [2.24, 2.45) is 4.99 Å². The molecule has 1 aliphatic rings. The van der Waals surface area contributed by atoms with Crippen molar-refractivity contribution in [3.63, 3.8) is 0 Å². The minimum atomic E-state index is -0.629. The van der Waals surface area contributed by atoms with E-state index in [4.69, 9.17) is 9.47 Å². The minimum Gasteiger partial charge on any atom is -0.488 e. The number of carbonyl (C=O) groups excluding carboxylic acids is 1. The standard InChI is InChI=1S/C23H16FNO3/c24-19-12-6-5-11-18(19)22-25-20(23(26)28-22)14-17-10-4-7-13-21(17)27-15-16-8-2-1-3-9-16/h1-14H,15H2. The molecule has 1 heterocycles. The van der Waals surface area contributed by atoms with Crippen LogP contribution in [0.25, 0.3) is 6.08 Å². The van der Waals surface area contributed by atoms with Gasteiger partial charge in [-0.2, -0.15) is 0 Å². The summed E-state index contributed by atoms with van der Waals surface area (Å²) >= 11 is 0. The van der Waals surface area contributed by atoms with Gasteiger partial charge in [0.25, 0.3) is 0 Å². The first-order valence-corrected chi connectivity index (χ1v) is 8.74. The predicted molar refractivity (Wildman–Crippen MR) is 104 cm³/mol. The molecule has 4 rings (SSSR count). The van der Waals surface area contributed by atoms with Gasteiger partial charge in [0, 0.05) is 5.56 Å². The number of ether oxygens (including phenoxy) is 2. The predicted octanol–water partition coefficient (Wildman–Crippen LogP) is 4.75. The summed E-state index contributed by atoms with van der Waals surface area (Å²) in [7, 11) is 0. The van der Waals surface area contributed by atoms with Crippen LogP contribution in [0.3, 0.4) is 0 Å². The van der Waals surface area contributed by atoms with Crippen molar-refractivity contribution in [2.75, 3.05) is 0 Å². The highest BCUT2D eigenvalue weighted by Crippen LogP contribution is 2.26. The lowest BCUT2D eigenvalue weighted by Crippen LogP contribution is -2.07. The second-order valence-corrected chi connectivity index (χ2v) is 6.13. The lowest BCUT2D eigenvalue weighted by molar-refractivity contribution is -0.129. The molecular weight excluding hydrogens is 357 g/mol. The Morgan fingerprint density at radius 3 is 2.46 bits per heavy atom. The summed E-state index contributed by atoms with van der Waals surface area (Å²) < 4.78 is 25.0. The van der Waals surface area contributed by atoms with E-state index >= 15 is 0 Å². The van der Waals surface area contributed by atoms with Gasteiger partial charge in [0.15, 0.2) is 5.70 Å². The molecule has 0 saturated carbocycles. The first kappa shape index (κ1) is 17.7. The van der Waals surface area contributed by atoms with Crippen molar-refractivity contribution in [1.82, 2.24) is 0 Å². The molecule has 0 aromatic heterocycles. The number of para-hydroxylation sites is 1. The van der Waals surface area contributed by atoms with Gasteiger partial charge in [0.1, 0.15) is 18.2 Å². The van der Waals surface area contributed by atoms with Crippen LogP contribution in [0.1, 0.15) is 16.7 Å². The minimum absolute atomic E-state index is 0.0444. The van der Waals surface area contributed by atoms with E-state index in [2.05, 4.69) is 4.99 Å². The largest absolute Gasteiger partial charge is 0.488 e. The van der Waals surface area contributed by atoms with Gasteiger partial charge in [-0.15, -0.1) is 0 Å². The summed E-state index contributed by atoms with van der Waals surface area (Å²) in [5.41, 5.74) is 1.95. The summed E-state index contributed by atoms with van der Waals surface area (Å²) in [5, 5.41) is 0. The monoisotopic (exact) mass is 373 g/mol. The third-order valence-electron chi connectivity index (χ3n) is 4.17. The topological polar surface area (TPSA) is 47.9 Å². The van der Waals surface area contributed by atoms with Crippen LogP contribution in [0.5, 0.6) is 5.75 Å². The highest BCUT2D eigenvalue weighted by Gasteiger charge is 2.26. The third-order valence-corrected chi connectivity index (χ3v) is 4.17. The van der Waals surface area contributed by atoms with Crippen LogP contribution in [0.2, 0.25) is 0 Å². The molecule has 3 aromatic rings. The Morgan fingerprint density at radius 2 is 1.64 bits per heavy atom. The van der Waals surface area contributed by atoms with E-state index in [0.717, 1.165) is 5.56 Å². The molecule has 0 N–H and O–H groups in total. The van der Waals surface area contributed by atoms with Gasteiger partial charge >= 0.3 is 5.97 Å². The molecule has 0 atom stereocenters. The molecular formula is C23H16FNO3. The number of cyclic esters (lactones) is 1. The maximum absolute atomic E-state index is 13.9. The van der Waals surface area contributed by atoms with Crippen LogP contribution < -0.4 is 4.74 Å². The van der Waals surface area contributed by atoms with E-state index in [0.29, 0.717) is 17.9 Å². The summed E-state index contributed by atoms with van der Waals surface area (Å²) in [4.78, 5) is 16.4. The summed E-state index contributed by atoms with van der Waals surface area (Å²) in [6.45, 7) is 0.398. The average molecular weight is 373 g/mol. The van der Waals surface area contributed by atoms with Crippen LogP contribution in [-0.4, -0.2) is 11.9 Å². The zero-order valence-electron chi connectivity index (χ0n) is 14.8. The molecule has 0 radical (unpaired) electrons. The van der Waals surface area contributed by atoms with E-state index in [1.54, 1.807) is 18.2 Å². The summed E-state index contributed by atoms with van der Waals surface area (Å²) in [5.74, 6) is -0.559. The van der Waals surface area contributed by atoms with Crippen molar-refractivity contribution in [2.45, 2.75) is 6.61 Å². The van der Waals surface area contributed by atoms with Crippen LogP contribution in [0.4, 0.5) is 4.39 Å². The molecule has 0 spiro atoms. The number of aliphatic imine (C=N–C) groups is 1. The normalized spacial score (nSPS) is 14.7. The number of hydrogen-bond donors (Lipinski definition) is 0. The van der Waals surface area contributed by atoms with Crippen molar-refractivity contribution in [1.29, 1.82) is 0 Å². The maximum Gasteiger partial charge on any atom is 0.363 e. The lowest BCUT2D eigenvalue weighted by Gasteiger charge is -2.09. The van der Waals surface area contributed by atoms with Crippen molar-refractivity contribution in [3.8, 4) is 5.75 Å².